The molecule has 3 rings (SSSR count). The Morgan fingerprint density at radius 3 is 2.51 bits per heavy atom. The summed E-state index contributed by atoms with van der Waals surface area (Å²) in [6.45, 7) is 1.49. The zero-order valence-electron chi connectivity index (χ0n) is 20.8. The third-order valence-electron chi connectivity index (χ3n) is 6.74. The van der Waals surface area contributed by atoms with E-state index in [2.05, 4.69) is 34.9 Å². The Balaban J connectivity index is 1.59. The summed E-state index contributed by atoms with van der Waals surface area (Å²) in [5.74, 6) is 0.711. The maximum absolute atomic E-state index is 11.8. The molecule has 0 radical (unpaired) electrons. The average Bonchev–Trinajstić information content (AvgIpc) is 2.85. The highest BCUT2D eigenvalue weighted by Gasteiger charge is 2.19. The third-order valence-corrected chi connectivity index (χ3v) is 7.91. The van der Waals surface area contributed by atoms with E-state index in [-0.39, 0.29) is 12.3 Å². The van der Waals surface area contributed by atoms with Gasteiger partial charge in [0, 0.05) is 42.3 Å². The lowest BCUT2D eigenvalue weighted by atomic mass is 9.93. The lowest BCUT2D eigenvalue weighted by molar-refractivity contribution is -0.121. The highest BCUT2D eigenvalue weighted by Crippen LogP contribution is 2.29. The predicted octanol–water partition coefficient (Wildman–Crippen LogP) is 4.00. The minimum absolute atomic E-state index is 0.0876. The van der Waals surface area contributed by atoms with Crippen molar-refractivity contribution in [2.45, 2.75) is 67.8 Å². The fourth-order valence-corrected chi connectivity index (χ4v) is 5.20. The maximum atomic E-state index is 11.8. The van der Waals surface area contributed by atoms with E-state index in [9.17, 15) is 14.4 Å². The molecule has 0 aliphatic heterocycles. The minimum Gasteiger partial charge on any atom is -0.359 e. The van der Waals surface area contributed by atoms with Gasteiger partial charge in [-0.15, -0.1) is 11.8 Å². The molecule has 1 fully saturated rings. The smallest absolute Gasteiger partial charge is 0.219 e. The molecule has 0 spiro atoms. The largest absolute Gasteiger partial charge is 0.359 e. The highest BCUT2D eigenvalue weighted by atomic mass is 32.2. The van der Waals surface area contributed by atoms with E-state index in [4.69, 9.17) is 0 Å². The van der Waals surface area contributed by atoms with Gasteiger partial charge in [-0.2, -0.15) is 0 Å². The first-order valence-corrected chi connectivity index (χ1v) is 13.4. The molecule has 1 amide bonds. The van der Waals surface area contributed by atoms with Gasteiger partial charge >= 0.3 is 0 Å². The predicted molar refractivity (Wildman–Crippen MR) is 142 cm³/mol. The second-order valence-electron chi connectivity index (χ2n) is 9.21. The van der Waals surface area contributed by atoms with Crippen LogP contribution < -0.4 is 10.6 Å². The Morgan fingerprint density at radius 2 is 1.89 bits per heavy atom. The van der Waals surface area contributed by atoms with Crippen molar-refractivity contribution in [2.24, 2.45) is 0 Å². The van der Waals surface area contributed by atoms with Crippen LogP contribution in [0.25, 0.3) is 0 Å². The number of nitrogens with zero attached hydrogens (tertiary/aromatic N) is 1. The fourth-order valence-electron chi connectivity index (χ4n) is 4.16. The van der Waals surface area contributed by atoms with Crippen LogP contribution in [0.1, 0.15) is 59.2 Å². The number of aldehydes is 2. The molecule has 0 saturated heterocycles. The standard InChI is InChI=1S/C28H37N3O3S/c1-29-28(34)14-13-25(19-33)31(2)17-26-23(18-32)5-3-8-27(26)35-20-22-11-9-21(10-12-22)15-16-30-24-6-4-7-24/h3,5,8-12,18-19,24-25,30H,4,6-7,13-17,20H2,1-2H3,(H,29,34). The molecule has 0 bridgehead atoms. The van der Waals surface area contributed by atoms with Crippen molar-refractivity contribution in [3.8, 4) is 0 Å². The summed E-state index contributed by atoms with van der Waals surface area (Å²) in [6, 6.07) is 14.8. The van der Waals surface area contributed by atoms with Crippen LogP contribution in [0.3, 0.4) is 0 Å². The summed E-state index contributed by atoms with van der Waals surface area (Å²) in [6.07, 6.45) is 7.49. The number of hydrogen-bond acceptors (Lipinski definition) is 6. The van der Waals surface area contributed by atoms with E-state index in [1.165, 1.54) is 30.4 Å². The first kappa shape index (κ1) is 27.1. The zero-order chi connectivity index (χ0) is 25.0. The van der Waals surface area contributed by atoms with Gasteiger partial charge in [-0.25, -0.2) is 0 Å². The van der Waals surface area contributed by atoms with Gasteiger partial charge in [0.05, 0.1) is 6.04 Å². The second kappa shape index (κ2) is 14.2. The van der Waals surface area contributed by atoms with Gasteiger partial charge in [0.1, 0.15) is 12.6 Å². The number of carbonyl (C=O) groups is 3. The maximum Gasteiger partial charge on any atom is 0.219 e. The van der Waals surface area contributed by atoms with E-state index in [0.29, 0.717) is 18.5 Å². The van der Waals surface area contributed by atoms with Gasteiger partial charge in [0.25, 0.3) is 0 Å². The van der Waals surface area contributed by atoms with Crippen LogP contribution >= 0.6 is 11.8 Å². The first-order valence-electron chi connectivity index (χ1n) is 12.4. The Hall–Kier alpha value is -2.48. The molecule has 35 heavy (non-hydrogen) atoms. The lowest BCUT2D eigenvalue weighted by Gasteiger charge is -2.26. The van der Waals surface area contributed by atoms with E-state index >= 15 is 0 Å². The van der Waals surface area contributed by atoms with Crippen molar-refractivity contribution in [1.82, 2.24) is 15.5 Å². The molecular weight excluding hydrogens is 458 g/mol. The fraction of sp³-hybridized carbons (Fsp3) is 0.464. The Morgan fingerprint density at radius 1 is 1.14 bits per heavy atom. The molecule has 7 heteroatoms. The van der Waals surface area contributed by atoms with Gasteiger partial charge in [0.2, 0.25) is 5.91 Å². The first-order chi connectivity index (χ1) is 17.0. The molecule has 2 aromatic rings. The summed E-state index contributed by atoms with van der Waals surface area (Å²) in [5, 5.41) is 6.20. The SMILES string of the molecule is CNC(=O)CCC(C=O)N(C)Cc1c(C=O)cccc1SCc1ccc(CCNC2CCC2)cc1. The monoisotopic (exact) mass is 495 g/mol. The number of hydrogen-bond donors (Lipinski definition) is 2. The van der Waals surface area contributed by atoms with E-state index in [1.807, 2.05) is 30.1 Å². The van der Waals surface area contributed by atoms with Crippen LogP contribution in [0.15, 0.2) is 47.4 Å². The summed E-state index contributed by atoms with van der Waals surface area (Å²) in [7, 11) is 3.45. The average molecular weight is 496 g/mol. The normalized spacial score (nSPS) is 14.4. The van der Waals surface area contributed by atoms with Crippen LogP contribution in [0.5, 0.6) is 0 Å². The Kier molecular flexibility index (Phi) is 11.0. The molecule has 2 aromatic carbocycles. The number of benzene rings is 2. The Bertz CT molecular complexity index is 976. The number of nitrogens with one attached hydrogen (secondary N) is 2. The minimum atomic E-state index is -0.392. The Labute approximate surface area is 213 Å². The molecule has 1 saturated carbocycles. The number of rotatable bonds is 15. The van der Waals surface area contributed by atoms with Crippen LogP contribution in [0, 0.1) is 0 Å². The van der Waals surface area contributed by atoms with Crippen molar-refractivity contribution in [3.05, 3.63) is 64.7 Å². The summed E-state index contributed by atoms with van der Waals surface area (Å²) in [5.41, 5.74) is 4.12. The molecule has 1 unspecified atom stereocenters. The number of likely N-dealkylation sites (N-methyl/N-ethyl adjacent to an activating group) is 1. The van der Waals surface area contributed by atoms with E-state index in [0.717, 1.165) is 47.8 Å². The van der Waals surface area contributed by atoms with E-state index in [1.54, 1.807) is 18.8 Å². The van der Waals surface area contributed by atoms with Crippen LogP contribution in [0.2, 0.25) is 0 Å². The van der Waals surface area contributed by atoms with Gasteiger partial charge in [-0.3, -0.25) is 14.5 Å². The molecule has 188 valence electrons. The van der Waals surface area contributed by atoms with Gasteiger partial charge in [-0.05, 0) is 62.0 Å². The summed E-state index contributed by atoms with van der Waals surface area (Å²) in [4.78, 5) is 38.0. The van der Waals surface area contributed by atoms with Crippen LogP contribution in [-0.4, -0.2) is 56.1 Å². The van der Waals surface area contributed by atoms with Crippen LogP contribution in [0.4, 0.5) is 0 Å². The summed E-state index contributed by atoms with van der Waals surface area (Å²) >= 11 is 1.70. The number of amides is 1. The van der Waals surface area contributed by atoms with Gasteiger partial charge in [-0.1, -0.05) is 42.8 Å². The number of carbonyl (C=O) groups excluding carboxylic acids is 3. The van der Waals surface area contributed by atoms with Crippen molar-refractivity contribution in [3.63, 3.8) is 0 Å². The zero-order valence-corrected chi connectivity index (χ0v) is 21.6. The van der Waals surface area contributed by atoms with Crippen molar-refractivity contribution in [1.29, 1.82) is 0 Å². The number of thioether (sulfide) groups is 1. The van der Waals surface area contributed by atoms with Gasteiger partial charge in [0.15, 0.2) is 0 Å². The quantitative estimate of drug-likeness (QED) is 0.287. The van der Waals surface area contributed by atoms with Crippen molar-refractivity contribution < 1.29 is 14.4 Å². The van der Waals surface area contributed by atoms with E-state index < -0.39 is 6.04 Å². The summed E-state index contributed by atoms with van der Waals surface area (Å²) < 4.78 is 0. The lowest BCUT2D eigenvalue weighted by Crippen LogP contribution is -2.36. The molecule has 1 aliphatic carbocycles. The highest BCUT2D eigenvalue weighted by molar-refractivity contribution is 7.98. The molecule has 1 atom stereocenters. The van der Waals surface area contributed by atoms with Crippen LogP contribution in [-0.2, 0) is 28.3 Å². The molecule has 0 heterocycles. The third kappa shape index (κ3) is 8.30. The van der Waals surface area contributed by atoms with Crippen molar-refractivity contribution in [2.75, 3.05) is 20.6 Å². The van der Waals surface area contributed by atoms with Crippen molar-refractivity contribution >= 4 is 30.2 Å². The van der Waals surface area contributed by atoms with Gasteiger partial charge < -0.3 is 15.4 Å². The second-order valence-corrected chi connectivity index (χ2v) is 10.2. The molecule has 6 nitrogen and oxygen atoms in total. The molecule has 2 N–H and O–H groups in total. The molecule has 0 aromatic heterocycles. The molecule has 1 aliphatic rings. The molecular formula is C28H37N3O3S. The topological polar surface area (TPSA) is 78.5 Å².